The lowest BCUT2D eigenvalue weighted by Crippen LogP contribution is -2.53. The first-order chi connectivity index (χ1) is 20.7. The molecule has 5 N–H and O–H groups in total. The third-order valence-electron chi connectivity index (χ3n) is 7.30. The molecule has 0 bridgehead atoms. The average Bonchev–Trinajstić information content (AvgIpc) is 3.67. The molecular formula is C32H32N6O5. The standard InChI is InChI=1S/C32H32N6O5/c1-18-12-25-26(13-19(18)2)36-29(35-25)21-6-8-22(9-7-21)30(40)37-27(15-23-16-33-17-34-23)31(41)38-28(32(42)43-3)14-20-4-10-24(39)11-5-20/h4-13,16-17,27-28,39H,14-15H2,1-3H3,(H,33,34)(H,35,36)(H,37,40)(H,38,41)/t27-,28-/m0/s1. The zero-order chi connectivity index (χ0) is 30.5. The molecule has 220 valence electrons. The van der Waals surface area contributed by atoms with Gasteiger partial charge in [0.05, 0.1) is 24.5 Å². The molecule has 2 amide bonds. The number of aromatic hydroxyl groups is 1. The minimum Gasteiger partial charge on any atom is -0.508 e. The van der Waals surface area contributed by atoms with E-state index in [0.717, 1.165) is 22.2 Å². The van der Waals surface area contributed by atoms with E-state index in [1.54, 1.807) is 42.6 Å². The number of H-pyrrole nitrogens is 2. The Morgan fingerprint density at radius 2 is 1.65 bits per heavy atom. The second-order valence-electron chi connectivity index (χ2n) is 10.4. The van der Waals surface area contributed by atoms with Crippen molar-refractivity contribution in [2.75, 3.05) is 7.11 Å². The Balaban J connectivity index is 1.32. The summed E-state index contributed by atoms with van der Waals surface area (Å²) in [6, 6.07) is 15.3. The van der Waals surface area contributed by atoms with Crippen LogP contribution in [-0.4, -0.2) is 62.0 Å². The molecule has 0 aliphatic carbocycles. The van der Waals surface area contributed by atoms with E-state index in [-0.39, 0.29) is 18.6 Å². The zero-order valence-electron chi connectivity index (χ0n) is 24.0. The van der Waals surface area contributed by atoms with Crippen molar-refractivity contribution in [1.29, 1.82) is 0 Å². The molecule has 2 aromatic heterocycles. The van der Waals surface area contributed by atoms with Crippen molar-refractivity contribution in [3.8, 4) is 17.1 Å². The SMILES string of the molecule is COC(=O)[C@H](Cc1ccc(O)cc1)NC(=O)[C@H](Cc1cnc[nH]1)NC(=O)c1ccc(-c2nc3cc(C)c(C)cc3[nH]2)cc1. The fraction of sp³-hybridized carbons (Fsp3) is 0.219. The highest BCUT2D eigenvalue weighted by Gasteiger charge is 2.28. The van der Waals surface area contributed by atoms with Gasteiger partial charge >= 0.3 is 5.97 Å². The van der Waals surface area contributed by atoms with Gasteiger partial charge in [0, 0.05) is 35.9 Å². The van der Waals surface area contributed by atoms with Crippen LogP contribution in [0.25, 0.3) is 22.4 Å². The lowest BCUT2D eigenvalue weighted by Gasteiger charge is -2.22. The van der Waals surface area contributed by atoms with Gasteiger partial charge in [-0.15, -0.1) is 0 Å². The number of esters is 1. The van der Waals surface area contributed by atoms with E-state index in [1.807, 2.05) is 19.9 Å². The van der Waals surface area contributed by atoms with E-state index in [0.29, 0.717) is 22.6 Å². The Labute approximate surface area is 247 Å². The van der Waals surface area contributed by atoms with E-state index in [2.05, 4.69) is 36.6 Å². The number of phenolic OH excluding ortho intramolecular Hbond substituents is 1. The number of aryl methyl sites for hydroxylation is 2. The van der Waals surface area contributed by atoms with Crippen molar-refractivity contribution in [1.82, 2.24) is 30.6 Å². The first-order valence-electron chi connectivity index (χ1n) is 13.7. The number of fused-ring (bicyclic) bond motifs is 1. The number of phenols is 1. The molecule has 0 aliphatic rings. The zero-order valence-corrected chi connectivity index (χ0v) is 24.0. The maximum absolute atomic E-state index is 13.5. The lowest BCUT2D eigenvalue weighted by atomic mass is 10.0. The molecule has 11 nitrogen and oxygen atoms in total. The van der Waals surface area contributed by atoms with Gasteiger partial charge in [0.25, 0.3) is 5.91 Å². The van der Waals surface area contributed by atoms with Gasteiger partial charge in [0.1, 0.15) is 23.7 Å². The van der Waals surface area contributed by atoms with Crippen LogP contribution in [0.4, 0.5) is 0 Å². The van der Waals surface area contributed by atoms with Crippen molar-refractivity contribution >= 4 is 28.8 Å². The van der Waals surface area contributed by atoms with Gasteiger partial charge in [0.15, 0.2) is 0 Å². The average molecular weight is 581 g/mol. The Kier molecular flexibility index (Phi) is 8.51. The van der Waals surface area contributed by atoms with Crippen LogP contribution in [-0.2, 0) is 27.2 Å². The number of aromatic nitrogens is 4. The summed E-state index contributed by atoms with van der Waals surface area (Å²) in [5, 5.41) is 15.1. The van der Waals surface area contributed by atoms with Crippen LogP contribution in [0.5, 0.6) is 5.75 Å². The third-order valence-corrected chi connectivity index (χ3v) is 7.30. The number of ether oxygens (including phenoxy) is 1. The second kappa shape index (κ2) is 12.6. The monoisotopic (exact) mass is 580 g/mol. The first-order valence-corrected chi connectivity index (χ1v) is 13.7. The summed E-state index contributed by atoms with van der Waals surface area (Å²) in [7, 11) is 1.24. The van der Waals surface area contributed by atoms with Crippen LogP contribution < -0.4 is 10.6 Å². The van der Waals surface area contributed by atoms with Gasteiger partial charge in [-0.25, -0.2) is 14.8 Å². The van der Waals surface area contributed by atoms with E-state index >= 15 is 0 Å². The van der Waals surface area contributed by atoms with Crippen molar-refractivity contribution in [3.63, 3.8) is 0 Å². The smallest absolute Gasteiger partial charge is 0.328 e. The van der Waals surface area contributed by atoms with Crippen LogP contribution in [0.1, 0.15) is 32.7 Å². The highest BCUT2D eigenvalue weighted by atomic mass is 16.5. The van der Waals surface area contributed by atoms with Gasteiger partial charge in [0.2, 0.25) is 5.91 Å². The van der Waals surface area contributed by atoms with Crippen LogP contribution in [0.15, 0.2) is 73.2 Å². The minimum atomic E-state index is -1.03. The van der Waals surface area contributed by atoms with Gasteiger partial charge in [-0.1, -0.05) is 24.3 Å². The summed E-state index contributed by atoms with van der Waals surface area (Å²) in [6.45, 7) is 4.09. The molecule has 0 radical (unpaired) electrons. The first kappa shape index (κ1) is 29.1. The number of benzene rings is 3. The number of rotatable bonds is 10. The molecule has 2 heterocycles. The molecule has 43 heavy (non-hydrogen) atoms. The van der Waals surface area contributed by atoms with E-state index < -0.39 is 29.9 Å². The van der Waals surface area contributed by atoms with Gasteiger partial charge in [-0.2, -0.15) is 0 Å². The van der Waals surface area contributed by atoms with Crippen LogP contribution in [0.3, 0.4) is 0 Å². The molecule has 0 unspecified atom stereocenters. The lowest BCUT2D eigenvalue weighted by molar-refractivity contribution is -0.145. The molecule has 0 saturated carbocycles. The van der Waals surface area contributed by atoms with Crippen molar-refractivity contribution in [2.45, 2.75) is 38.8 Å². The van der Waals surface area contributed by atoms with Crippen molar-refractivity contribution < 1.29 is 24.2 Å². The fourth-order valence-corrected chi connectivity index (χ4v) is 4.73. The number of methoxy groups -OCH3 is 1. The van der Waals surface area contributed by atoms with Crippen molar-refractivity contribution in [3.05, 3.63) is 101 Å². The fourth-order valence-electron chi connectivity index (χ4n) is 4.73. The van der Waals surface area contributed by atoms with Crippen LogP contribution in [0.2, 0.25) is 0 Å². The van der Waals surface area contributed by atoms with Crippen LogP contribution in [0, 0.1) is 13.8 Å². The summed E-state index contributed by atoms with van der Waals surface area (Å²) in [5.41, 5.74) is 6.61. The number of carbonyl (C=O) groups excluding carboxylic acids is 3. The third kappa shape index (κ3) is 6.89. The Morgan fingerprint density at radius 3 is 2.33 bits per heavy atom. The summed E-state index contributed by atoms with van der Waals surface area (Å²) < 4.78 is 4.91. The molecule has 0 aliphatic heterocycles. The van der Waals surface area contributed by atoms with Crippen molar-refractivity contribution in [2.24, 2.45) is 0 Å². The minimum absolute atomic E-state index is 0.0838. The maximum Gasteiger partial charge on any atom is 0.328 e. The summed E-state index contributed by atoms with van der Waals surface area (Å²) >= 11 is 0. The van der Waals surface area contributed by atoms with E-state index in [1.165, 1.54) is 31.1 Å². The topological polar surface area (TPSA) is 162 Å². The Hall–Kier alpha value is -5.45. The van der Waals surface area contributed by atoms with E-state index in [4.69, 9.17) is 4.74 Å². The highest BCUT2D eigenvalue weighted by molar-refractivity contribution is 5.98. The molecule has 11 heteroatoms. The molecule has 2 atom stereocenters. The molecule has 5 rings (SSSR count). The quantitative estimate of drug-likeness (QED) is 0.158. The van der Waals surface area contributed by atoms with E-state index in [9.17, 15) is 19.5 Å². The van der Waals surface area contributed by atoms with Gasteiger partial charge in [-0.3, -0.25) is 9.59 Å². The summed E-state index contributed by atoms with van der Waals surface area (Å²) in [6.07, 6.45) is 3.28. The number of nitrogens with one attached hydrogen (secondary N) is 4. The van der Waals surface area contributed by atoms with Gasteiger partial charge < -0.3 is 30.4 Å². The second-order valence-corrected chi connectivity index (χ2v) is 10.4. The Morgan fingerprint density at radius 1 is 0.930 bits per heavy atom. The normalized spacial score (nSPS) is 12.4. The molecular weight excluding hydrogens is 548 g/mol. The predicted molar refractivity (Wildman–Crippen MR) is 160 cm³/mol. The highest BCUT2D eigenvalue weighted by Crippen LogP contribution is 2.23. The summed E-state index contributed by atoms with van der Waals surface area (Å²) in [4.78, 5) is 54.3. The molecule has 0 spiro atoms. The largest absolute Gasteiger partial charge is 0.508 e. The van der Waals surface area contributed by atoms with Gasteiger partial charge in [-0.05, 0) is 66.9 Å². The molecule has 3 aromatic carbocycles. The number of aromatic amines is 2. The predicted octanol–water partition coefficient (Wildman–Crippen LogP) is 3.52. The summed E-state index contributed by atoms with van der Waals surface area (Å²) in [5.74, 6) is -0.900. The molecule has 0 fully saturated rings. The number of hydrogen-bond donors (Lipinski definition) is 5. The molecule has 5 aromatic rings. The maximum atomic E-state index is 13.5. The molecule has 0 saturated heterocycles. The number of hydrogen-bond acceptors (Lipinski definition) is 7. The number of amides is 2. The number of imidazole rings is 2. The number of carbonyl (C=O) groups is 3. The Bertz CT molecular complexity index is 1700. The number of nitrogens with zero attached hydrogens (tertiary/aromatic N) is 2. The van der Waals surface area contributed by atoms with Crippen LogP contribution >= 0.6 is 0 Å².